The van der Waals surface area contributed by atoms with Crippen molar-refractivity contribution < 1.29 is 17.7 Å². The van der Waals surface area contributed by atoms with Crippen LogP contribution in [0.2, 0.25) is 5.02 Å². The van der Waals surface area contributed by atoms with Crippen molar-refractivity contribution in [1.82, 2.24) is 24.7 Å². The van der Waals surface area contributed by atoms with E-state index >= 15 is 0 Å². The number of aromatic amines is 1. The third-order valence-corrected chi connectivity index (χ3v) is 5.41. The number of para-hydroxylation sites is 2. The van der Waals surface area contributed by atoms with Gasteiger partial charge in [0.1, 0.15) is 5.03 Å². The summed E-state index contributed by atoms with van der Waals surface area (Å²) in [5, 5.41) is 4.20. The van der Waals surface area contributed by atoms with Gasteiger partial charge in [-0.15, -0.1) is 0 Å². The minimum Gasteiger partial charge on any atom is -0.318 e. The summed E-state index contributed by atoms with van der Waals surface area (Å²) in [6.07, 6.45) is -3.43. The number of fused-ring (bicyclic) bond motifs is 1. The van der Waals surface area contributed by atoms with Crippen molar-refractivity contribution in [1.29, 1.82) is 0 Å². The van der Waals surface area contributed by atoms with Gasteiger partial charge in [0.05, 0.1) is 21.6 Å². The van der Waals surface area contributed by atoms with E-state index in [9.17, 15) is 18.0 Å². The normalized spacial score (nSPS) is 12.0. The zero-order chi connectivity index (χ0) is 20.6. The highest BCUT2D eigenvalue weighted by atomic mass is 35.5. The average Bonchev–Trinajstić information content (AvgIpc) is 3.23. The van der Waals surface area contributed by atoms with Gasteiger partial charge >= 0.3 is 11.9 Å². The first-order valence-corrected chi connectivity index (χ1v) is 9.41. The van der Waals surface area contributed by atoms with Crippen LogP contribution in [0, 0.1) is 0 Å². The number of rotatable bonds is 5. The zero-order valence-electron chi connectivity index (χ0n) is 14.4. The third-order valence-electron chi connectivity index (χ3n) is 4.00. The molecule has 0 fully saturated rings. The maximum Gasteiger partial charge on any atom is 0.438 e. The van der Waals surface area contributed by atoms with Crippen LogP contribution >= 0.6 is 23.4 Å². The molecule has 12 heteroatoms. The highest BCUT2D eigenvalue weighted by molar-refractivity contribution is 7.99. The van der Waals surface area contributed by atoms with Crippen LogP contribution in [0.25, 0.3) is 11.0 Å². The van der Waals surface area contributed by atoms with E-state index in [0.29, 0.717) is 29.5 Å². The third kappa shape index (κ3) is 4.15. The summed E-state index contributed by atoms with van der Waals surface area (Å²) in [5.74, 6) is -0.278. The van der Waals surface area contributed by atoms with Crippen LogP contribution < -0.4 is 5.76 Å². The lowest BCUT2D eigenvalue weighted by Crippen LogP contribution is -2.07. The Balaban J connectivity index is 1.67. The fourth-order valence-electron chi connectivity index (χ4n) is 2.68. The second-order valence-electron chi connectivity index (χ2n) is 5.94. The number of nitrogens with zero attached hydrogens (tertiary/aromatic N) is 4. The van der Waals surface area contributed by atoms with E-state index in [1.165, 1.54) is 0 Å². The summed E-state index contributed by atoms with van der Waals surface area (Å²) in [4.78, 5) is 22.0. The minimum atomic E-state index is -4.53. The number of aryl methyl sites for hydroxylation is 2. The molecule has 0 radical (unpaired) electrons. The van der Waals surface area contributed by atoms with Crippen molar-refractivity contribution in [2.45, 2.75) is 29.3 Å². The van der Waals surface area contributed by atoms with E-state index in [1.54, 1.807) is 0 Å². The van der Waals surface area contributed by atoms with Crippen LogP contribution in [0.3, 0.4) is 0 Å². The number of benzene rings is 1. The number of halogens is 4. The minimum absolute atomic E-state index is 0.121. The Hall–Kier alpha value is -2.79. The number of hydrogen-bond acceptors (Lipinski definition) is 6. The molecule has 0 saturated carbocycles. The number of hydrogen-bond donors (Lipinski definition) is 1. The molecular weight excluding hydrogens is 431 g/mol. The second-order valence-corrected chi connectivity index (χ2v) is 7.30. The molecule has 150 valence electrons. The zero-order valence-corrected chi connectivity index (χ0v) is 16.0. The number of nitrogens with one attached hydrogen (secondary N) is 1. The Morgan fingerprint density at radius 2 is 2.07 bits per heavy atom. The standard InChI is InChI=1S/C17H11ClF3N5O2S/c18-10-7-9(17(19,20)21)8-22-14(10)29-15-23-11-3-1-2-4-12(11)26(15)6-5-13-24-16(27)28-25-13/h1-4,7-8H,5-6H2,(H,24,25,27). The number of H-pyrrole nitrogens is 1. The molecule has 1 aromatic carbocycles. The molecule has 0 amide bonds. The highest BCUT2D eigenvalue weighted by Gasteiger charge is 2.31. The fraction of sp³-hybridized carbons (Fsp3) is 0.176. The van der Waals surface area contributed by atoms with Gasteiger partial charge in [0.2, 0.25) is 0 Å². The fourth-order valence-corrected chi connectivity index (χ4v) is 3.84. The number of pyridine rings is 1. The number of aromatic nitrogens is 5. The monoisotopic (exact) mass is 441 g/mol. The molecule has 0 spiro atoms. The van der Waals surface area contributed by atoms with Gasteiger partial charge in [0, 0.05) is 19.2 Å². The molecule has 1 N–H and O–H groups in total. The molecule has 0 aliphatic rings. The molecule has 0 aliphatic carbocycles. The van der Waals surface area contributed by atoms with Gasteiger partial charge in [-0.1, -0.05) is 28.9 Å². The van der Waals surface area contributed by atoms with Crippen molar-refractivity contribution in [3.8, 4) is 0 Å². The predicted molar refractivity (Wildman–Crippen MR) is 98.9 cm³/mol. The van der Waals surface area contributed by atoms with E-state index in [0.717, 1.165) is 29.5 Å². The van der Waals surface area contributed by atoms with E-state index in [2.05, 4.69) is 24.6 Å². The van der Waals surface area contributed by atoms with Gasteiger partial charge in [-0.25, -0.2) is 14.8 Å². The first kappa shape index (κ1) is 19.5. The molecule has 0 saturated heterocycles. The van der Waals surface area contributed by atoms with Gasteiger partial charge in [0.15, 0.2) is 11.0 Å². The van der Waals surface area contributed by atoms with Crippen LogP contribution in [-0.4, -0.2) is 24.7 Å². The quantitative estimate of drug-likeness (QED) is 0.500. The Kier molecular flexibility index (Phi) is 5.09. The Morgan fingerprint density at radius 3 is 2.76 bits per heavy atom. The van der Waals surface area contributed by atoms with Crippen molar-refractivity contribution >= 4 is 34.4 Å². The molecule has 7 nitrogen and oxygen atoms in total. The van der Waals surface area contributed by atoms with Gasteiger partial charge < -0.3 is 4.57 Å². The lowest BCUT2D eigenvalue weighted by molar-refractivity contribution is -0.137. The smallest absolute Gasteiger partial charge is 0.318 e. The second kappa shape index (κ2) is 7.56. The lowest BCUT2D eigenvalue weighted by atomic mass is 10.3. The number of alkyl halides is 3. The Morgan fingerprint density at radius 1 is 1.28 bits per heavy atom. The van der Waals surface area contributed by atoms with Crippen LogP contribution in [0.15, 0.2) is 56.0 Å². The molecule has 0 aliphatic heterocycles. The highest BCUT2D eigenvalue weighted by Crippen LogP contribution is 2.37. The largest absolute Gasteiger partial charge is 0.438 e. The Bertz CT molecular complexity index is 1230. The summed E-state index contributed by atoms with van der Waals surface area (Å²) in [6.45, 7) is 0.392. The van der Waals surface area contributed by atoms with Gasteiger partial charge in [-0.05, 0) is 30.0 Å². The molecular formula is C17H11ClF3N5O2S. The first-order valence-electron chi connectivity index (χ1n) is 8.22. The average molecular weight is 442 g/mol. The summed E-state index contributed by atoms with van der Waals surface area (Å²) in [6, 6.07) is 8.18. The maximum atomic E-state index is 12.8. The molecule has 29 heavy (non-hydrogen) atoms. The first-order chi connectivity index (χ1) is 13.8. The molecule has 4 rings (SSSR count). The van der Waals surface area contributed by atoms with Crippen molar-refractivity contribution in [3.63, 3.8) is 0 Å². The van der Waals surface area contributed by atoms with E-state index in [-0.39, 0.29) is 10.0 Å². The van der Waals surface area contributed by atoms with Crippen LogP contribution in [0.4, 0.5) is 13.2 Å². The molecule has 0 unspecified atom stereocenters. The van der Waals surface area contributed by atoms with Gasteiger partial charge in [-0.2, -0.15) is 13.2 Å². The lowest BCUT2D eigenvalue weighted by Gasteiger charge is -2.10. The Labute approximate surface area is 169 Å². The van der Waals surface area contributed by atoms with E-state index in [1.807, 2.05) is 28.8 Å². The molecule has 0 bridgehead atoms. The molecule has 0 atom stereocenters. The van der Waals surface area contributed by atoms with Gasteiger partial charge in [0.25, 0.3) is 0 Å². The van der Waals surface area contributed by atoms with Crippen LogP contribution in [-0.2, 0) is 19.1 Å². The topological polar surface area (TPSA) is 89.6 Å². The predicted octanol–water partition coefficient (Wildman–Crippen LogP) is 4.17. The van der Waals surface area contributed by atoms with Crippen LogP contribution in [0.1, 0.15) is 11.4 Å². The SMILES string of the molecule is O=c1[nH]c(CCn2c(Sc3ncc(C(F)(F)F)cc3Cl)nc3ccccc32)no1. The van der Waals surface area contributed by atoms with Crippen LogP contribution in [0.5, 0.6) is 0 Å². The summed E-state index contributed by atoms with van der Waals surface area (Å²) < 4.78 is 44.8. The van der Waals surface area contributed by atoms with Gasteiger partial charge in [-0.3, -0.25) is 9.51 Å². The van der Waals surface area contributed by atoms with Crippen molar-refractivity contribution in [3.05, 3.63) is 63.5 Å². The van der Waals surface area contributed by atoms with Crippen molar-refractivity contribution in [2.24, 2.45) is 0 Å². The summed E-state index contributed by atoms with van der Waals surface area (Å²) in [7, 11) is 0. The van der Waals surface area contributed by atoms with E-state index < -0.39 is 17.5 Å². The number of imidazole rings is 1. The van der Waals surface area contributed by atoms with E-state index in [4.69, 9.17) is 11.6 Å². The molecule has 3 heterocycles. The van der Waals surface area contributed by atoms with Crippen molar-refractivity contribution in [2.75, 3.05) is 0 Å². The molecule has 3 aromatic heterocycles. The maximum absolute atomic E-state index is 12.8. The molecule has 4 aromatic rings. The summed E-state index contributed by atoms with van der Waals surface area (Å²) >= 11 is 7.08. The summed E-state index contributed by atoms with van der Waals surface area (Å²) in [5.41, 5.74) is 0.589.